The molecule has 4 unspecified atom stereocenters. The summed E-state index contributed by atoms with van der Waals surface area (Å²) < 4.78 is 10.7. The van der Waals surface area contributed by atoms with E-state index in [-0.39, 0.29) is 30.7 Å². The van der Waals surface area contributed by atoms with Crippen LogP contribution in [0.1, 0.15) is 24.8 Å². The van der Waals surface area contributed by atoms with Crippen molar-refractivity contribution in [2.24, 2.45) is 5.92 Å². The molecule has 1 aromatic carbocycles. The molecule has 0 spiro atoms. The van der Waals surface area contributed by atoms with Crippen LogP contribution in [0.5, 0.6) is 5.75 Å². The van der Waals surface area contributed by atoms with E-state index in [1.54, 1.807) is 7.11 Å². The van der Waals surface area contributed by atoms with E-state index in [1.807, 2.05) is 24.3 Å². The maximum absolute atomic E-state index is 12.1. The summed E-state index contributed by atoms with van der Waals surface area (Å²) in [6.45, 7) is 0.465. The molecule has 4 N–H and O–H groups in total. The maximum Gasteiger partial charge on any atom is 0.223 e. The molecule has 3 rings (SSSR count). The van der Waals surface area contributed by atoms with Crippen LogP contribution in [0.3, 0.4) is 0 Å². The number of ether oxygens (including phenoxy) is 2. The lowest BCUT2D eigenvalue weighted by Gasteiger charge is -2.15. The highest BCUT2D eigenvalue weighted by molar-refractivity contribution is 5.80. The molecule has 1 aliphatic carbocycles. The smallest absolute Gasteiger partial charge is 0.223 e. The normalized spacial score (nSPS) is 27.2. The van der Waals surface area contributed by atoms with Gasteiger partial charge in [-0.1, -0.05) is 12.1 Å². The molecule has 1 saturated heterocycles. The van der Waals surface area contributed by atoms with Crippen LogP contribution in [-0.2, 0) is 20.9 Å². The number of amides is 2. The Morgan fingerprint density at radius 1 is 1.11 bits per heavy atom. The second-order valence-electron chi connectivity index (χ2n) is 7.04. The molecule has 0 aromatic heterocycles. The Bertz CT molecular complexity index is 661. The van der Waals surface area contributed by atoms with Crippen molar-refractivity contribution < 1.29 is 29.3 Å². The quantitative estimate of drug-likeness (QED) is 0.494. The average molecular weight is 378 g/mol. The van der Waals surface area contributed by atoms with Crippen LogP contribution in [0.2, 0.25) is 0 Å². The van der Waals surface area contributed by atoms with Gasteiger partial charge < -0.3 is 30.3 Å². The Kier molecular flexibility index (Phi) is 6.30. The lowest BCUT2D eigenvalue weighted by atomic mass is 10.1. The molecule has 8 heteroatoms. The predicted molar refractivity (Wildman–Crippen MR) is 95.9 cm³/mol. The van der Waals surface area contributed by atoms with Crippen LogP contribution in [0, 0.1) is 5.92 Å². The zero-order valence-electron chi connectivity index (χ0n) is 15.3. The largest absolute Gasteiger partial charge is 0.497 e. The lowest BCUT2D eigenvalue weighted by molar-refractivity contribution is -0.126. The summed E-state index contributed by atoms with van der Waals surface area (Å²) in [5.74, 6) is 0.458. The van der Waals surface area contributed by atoms with E-state index in [0.29, 0.717) is 6.54 Å². The molecular weight excluding hydrogens is 352 g/mol. The minimum atomic E-state index is -1.17. The lowest BCUT2D eigenvalue weighted by Crippen LogP contribution is -2.40. The average Bonchev–Trinajstić information content (AvgIpc) is 3.49. The number of nitrogens with one attached hydrogen (secondary N) is 2. The SMILES string of the molecule is COc1ccc(CNC(=O)CC2OC(CNC(=O)C3CC3)C(O)C2O)cc1. The molecule has 4 atom stereocenters. The number of carbonyl (C=O) groups is 2. The molecule has 1 aromatic rings. The Balaban J connectivity index is 1.43. The first-order chi connectivity index (χ1) is 13.0. The monoisotopic (exact) mass is 378 g/mol. The molecule has 1 saturated carbocycles. The van der Waals surface area contributed by atoms with Crippen LogP contribution < -0.4 is 15.4 Å². The van der Waals surface area contributed by atoms with E-state index in [4.69, 9.17) is 9.47 Å². The zero-order chi connectivity index (χ0) is 19.4. The van der Waals surface area contributed by atoms with Crippen molar-refractivity contribution >= 4 is 11.8 Å². The minimum absolute atomic E-state index is 0.0547. The zero-order valence-corrected chi connectivity index (χ0v) is 15.3. The summed E-state index contributed by atoms with van der Waals surface area (Å²) in [5, 5.41) is 25.7. The first-order valence-corrected chi connectivity index (χ1v) is 9.17. The summed E-state index contributed by atoms with van der Waals surface area (Å²) in [6.07, 6.45) is -2.12. The minimum Gasteiger partial charge on any atom is -0.497 e. The number of methoxy groups -OCH3 is 1. The number of aliphatic hydroxyl groups excluding tert-OH is 2. The highest BCUT2D eigenvalue weighted by Crippen LogP contribution is 2.29. The van der Waals surface area contributed by atoms with Crippen LogP contribution in [0.25, 0.3) is 0 Å². The second-order valence-corrected chi connectivity index (χ2v) is 7.04. The van der Waals surface area contributed by atoms with E-state index in [2.05, 4.69) is 10.6 Å². The Hall–Kier alpha value is -2.16. The van der Waals surface area contributed by atoms with Gasteiger partial charge in [-0.15, -0.1) is 0 Å². The summed E-state index contributed by atoms with van der Waals surface area (Å²) in [7, 11) is 1.59. The molecule has 8 nitrogen and oxygen atoms in total. The van der Waals surface area contributed by atoms with Crippen molar-refractivity contribution in [1.82, 2.24) is 10.6 Å². The van der Waals surface area contributed by atoms with Crippen molar-refractivity contribution in [1.29, 1.82) is 0 Å². The second kappa shape index (κ2) is 8.69. The molecule has 2 amide bonds. The Morgan fingerprint density at radius 2 is 1.78 bits per heavy atom. The van der Waals surface area contributed by atoms with E-state index in [1.165, 1.54) is 0 Å². The Labute approximate surface area is 157 Å². The van der Waals surface area contributed by atoms with Crippen molar-refractivity contribution in [3.05, 3.63) is 29.8 Å². The third kappa shape index (κ3) is 5.18. The summed E-state index contributed by atoms with van der Waals surface area (Å²) in [5.41, 5.74) is 0.915. The number of hydrogen-bond acceptors (Lipinski definition) is 6. The van der Waals surface area contributed by atoms with E-state index in [0.717, 1.165) is 24.2 Å². The number of hydrogen-bond donors (Lipinski definition) is 4. The molecule has 1 aliphatic heterocycles. The van der Waals surface area contributed by atoms with Gasteiger partial charge in [-0.05, 0) is 30.5 Å². The summed E-state index contributed by atoms with van der Waals surface area (Å²) >= 11 is 0. The molecule has 2 aliphatic rings. The van der Waals surface area contributed by atoms with Crippen LogP contribution in [0.15, 0.2) is 24.3 Å². The number of rotatable bonds is 8. The van der Waals surface area contributed by atoms with E-state index < -0.39 is 24.4 Å². The highest BCUT2D eigenvalue weighted by atomic mass is 16.5. The molecule has 2 fully saturated rings. The fraction of sp³-hybridized carbons (Fsp3) is 0.579. The van der Waals surface area contributed by atoms with Gasteiger partial charge in [0.05, 0.1) is 19.6 Å². The van der Waals surface area contributed by atoms with Gasteiger partial charge in [-0.3, -0.25) is 9.59 Å². The molecule has 27 heavy (non-hydrogen) atoms. The summed E-state index contributed by atoms with van der Waals surface area (Å²) in [4.78, 5) is 23.8. The van der Waals surface area contributed by atoms with Crippen molar-refractivity contribution in [2.45, 2.75) is 50.2 Å². The van der Waals surface area contributed by atoms with E-state index in [9.17, 15) is 19.8 Å². The first-order valence-electron chi connectivity index (χ1n) is 9.17. The number of benzene rings is 1. The van der Waals surface area contributed by atoms with Crippen LogP contribution in [0.4, 0.5) is 0 Å². The predicted octanol–water partition coefficient (Wildman–Crippen LogP) is -0.283. The standard InChI is InChI=1S/C19H26N2O6/c1-26-13-6-2-11(3-7-13)9-20-16(22)8-14-17(23)18(24)15(27-14)10-21-19(25)12-4-5-12/h2-3,6-7,12,14-15,17-18,23-24H,4-5,8-10H2,1H3,(H,20,22)(H,21,25). The van der Waals surface area contributed by atoms with E-state index >= 15 is 0 Å². The third-order valence-electron chi connectivity index (χ3n) is 4.92. The molecule has 0 radical (unpaired) electrons. The van der Waals surface area contributed by atoms with Crippen molar-refractivity contribution in [3.63, 3.8) is 0 Å². The molecule has 148 valence electrons. The summed E-state index contributed by atoms with van der Waals surface area (Å²) in [6, 6.07) is 7.31. The Morgan fingerprint density at radius 3 is 2.41 bits per heavy atom. The first kappa shape index (κ1) is 19.6. The highest BCUT2D eigenvalue weighted by Gasteiger charge is 2.43. The van der Waals surface area contributed by atoms with Gasteiger partial charge in [0.2, 0.25) is 11.8 Å². The van der Waals surface area contributed by atoms with Gasteiger partial charge >= 0.3 is 0 Å². The molecule has 1 heterocycles. The van der Waals surface area contributed by atoms with Gasteiger partial charge in [0, 0.05) is 19.0 Å². The topological polar surface area (TPSA) is 117 Å². The molecule has 0 bridgehead atoms. The van der Waals surface area contributed by atoms with Crippen molar-refractivity contribution in [2.75, 3.05) is 13.7 Å². The number of carbonyl (C=O) groups excluding carboxylic acids is 2. The molecular formula is C19H26N2O6. The fourth-order valence-electron chi connectivity index (χ4n) is 3.05. The number of aliphatic hydroxyl groups is 2. The van der Waals surface area contributed by atoms with Gasteiger partial charge in [0.1, 0.15) is 24.1 Å². The van der Waals surface area contributed by atoms with Gasteiger partial charge in [0.15, 0.2) is 0 Å². The van der Waals surface area contributed by atoms with Gasteiger partial charge in [0.25, 0.3) is 0 Å². The van der Waals surface area contributed by atoms with Gasteiger partial charge in [-0.25, -0.2) is 0 Å². The van der Waals surface area contributed by atoms with Crippen LogP contribution >= 0.6 is 0 Å². The van der Waals surface area contributed by atoms with Crippen molar-refractivity contribution in [3.8, 4) is 5.75 Å². The van der Waals surface area contributed by atoms with Crippen LogP contribution in [-0.4, -0.2) is 60.1 Å². The van der Waals surface area contributed by atoms with Gasteiger partial charge in [-0.2, -0.15) is 0 Å². The third-order valence-corrected chi connectivity index (χ3v) is 4.92. The fourth-order valence-corrected chi connectivity index (χ4v) is 3.05. The maximum atomic E-state index is 12.1.